The van der Waals surface area contributed by atoms with Crippen LogP contribution in [0, 0.1) is 0 Å². The fourth-order valence-corrected chi connectivity index (χ4v) is 2.82. The highest BCUT2D eigenvalue weighted by molar-refractivity contribution is 5.82. The largest absolute Gasteiger partial charge is 0.416 e. The van der Waals surface area contributed by atoms with Crippen LogP contribution < -0.4 is 0 Å². The Kier molecular flexibility index (Phi) is 4.29. The Morgan fingerprint density at radius 2 is 2.08 bits per heavy atom. The van der Waals surface area contributed by atoms with E-state index in [1.54, 1.807) is 6.07 Å². The number of aromatic amines is 1. The Bertz CT molecular complexity index is 755. The second-order valence-corrected chi connectivity index (χ2v) is 6.11. The van der Waals surface area contributed by atoms with E-state index in [9.17, 15) is 28.2 Å². The molecule has 3 N–H and O–H groups in total. The van der Waals surface area contributed by atoms with Gasteiger partial charge in [0.05, 0.1) is 24.3 Å². The molecule has 1 unspecified atom stereocenters. The fourth-order valence-electron chi connectivity index (χ4n) is 2.82. The maximum absolute atomic E-state index is 12.7. The molecule has 134 valence electrons. The van der Waals surface area contributed by atoms with E-state index in [0.29, 0.717) is 5.69 Å². The summed E-state index contributed by atoms with van der Waals surface area (Å²) in [7, 11) is 0. The highest BCUT2D eigenvalue weighted by Gasteiger charge is 2.47. The molecule has 2 aromatic rings. The summed E-state index contributed by atoms with van der Waals surface area (Å²) in [5.74, 6) is -0.637. The number of nitrogens with one attached hydrogen (secondary N) is 1. The minimum atomic E-state index is -4.48. The summed E-state index contributed by atoms with van der Waals surface area (Å²) in [6.07, 6.45) is -4.72. The number of aliphatic hydroxyl groups is 2. The summed E-state index contributed by atoms with van der Waals surface area (Å²) >= 11 is 0. The van der Waals surface area contributed by atoms with Gasteiger partial charge in [0.1, 0.15) is 11.7 Å². The Hall–Kier alpha value is -2.39. The van der Waals surface area contributed by atoms with Crippen molar-refractivity contribution in [1.29, 1.82) is 0 Å². The van der Waals surface area contributed by atoms with Crippen molar-refractivity contribution in [1.82, 2.24) is 15.1 Å². The number of hydrogen-bond donors (Lipinski definition) is 3. The molecule has 1 aromatic carbocycles. The predicted octanol–water partition coefficient (Wildman–Crippen LogP) is 1.06. The lowest BCUT2D eigenvalue weighted by atomic mass is 9.89. The zero-order valence-corrected chi connectivity index (χ0v) is 13.0. The van der Waals surface area contributed by atoms with Crippen molar-refractivity contribution in [3.8, 4) is 0 Å². The van der Waals surface area contributed by atoms with Crippen molar-refractivity contribution >= 4 is 5.91 Å². The molecule has 0 spiro atoms. The van der Waals surface area contributed by atoms with Crippen molar-refractivity contribution < 1.29 is 28.2 Å². The van der Waals surface area contributed by atoms with Gasteiger partial charge in [-0.2, -0.15) is 18.3 Å². The number of benzene rings is 1. The van der Waals surface area contributed by atoms with E-state index in [2.05, 4.69) is 10.2 Å². The first-order valence-electron chi connectivity index (χ1n) is 7.54. The second kappa shape index (κ2) is 6.16. The lowest BCUT2D eigenvalue weighted by molar-refractivity contribution is -0.166. The molecule has 1 saturated heterocycles. The highest BCUT2D eigenvalue weighted by Crippen LogP contribution is 2.32. The van der Waals surface area contributed by atoms with Crippen LogP contribution in [-0.2, 0) is 23.0 Å². The van der Waals surface area contributed by atoms with E-state index in [4.69, 9.17) is 0 Å². The molecule has 1 aromatic heterocycles. The molecule has 0 bridgehead atoms. The number of aromatic nitrogens is 2. The summed E-state index contributed by atoms with van der Waals surface area (Å²) < 4.78 is 38.1. The number of nitrogens with zero attached hydrogens (tertiary/aromatic N) is 2. The first-order chi connectivity index (χ1) is 11.7. The van der Waals surface area contributed by atoms with Gasteiger partial charge in [-0.15, -0.1) is 0 Å². The Balaban J connectivity index is 1.61. The lowest BCUT2D eigenvalue weighted by Crippen LogP contribution is -2.63. The smallest absolute Gasteiger partial charge is 0.383 e. The van der Waals surface area contributed by atoms with E-state index in [-0.39, 0.29) is 25.1 Å². The number of β-amino-alcohol motifs (C(OH)–C–C–N with tert-alkyl or cyclic N) is 1. The molecule has 0 aliphatic carbocycles. The standard InChI is InChI=1S/C16H16F3N3O3/c17-16(18,19)11-3-1-2-10(6-11)7-12(23)14(24)22-8-15(25,9-22)13-4-5-20-21-13/h1-6,12,23,25H,7-9H2,(H,20,21). The molecule has 1 aliphatic heterocycles. The van der Waals surface area contributed by atoms with Gasteiger partial charge in [-0.25, -0.2) is 0 Å². The van der Waals surface area contributed by atoms with Crippen molar-refractivity contribution in [3.05, 3.63) is 53.3 Å². The SMILES string of the molecule is O=C(C(O)Cc1cccc(C(F)(F)F)c1)N1CC(O)(c2ccn[nH]2)C1. The summed E-state index contributed by atoms with van der Waals surface area (Å²) in [6, 6.07) is 6.07. The number of H-pyrrole nitrogens is 1. The Morgan fingerprint density at radius 1 is 1.36 bits per heavy atom. The average molecular weight is 355 g/mol. The summed E-state index contributed by atoms with van der Waals surface area (Å²) in [6.45, 7) is -0.0403. The first kappa shape index (κ1) is 17.4. The van der Waals surface area contributed by atoms with Gasteiger partial charge in [0.2, 0.25) is 0 Å². The molecule has 0 radical (unpaired) electrons. The fraction of sp³-hybridized carbons (Fsp3) is 0.375. The maximum atomic E-state index is 12.7. The normalized spacial score (nSPS) is 17.9. The van der Waals surface area contributed by atoms with E-state index in [1.807, 2.05) is 0 Å². The third-order valence-electron chi connectivity index (χ3n) is 4.19. The van der Waals surface area contributed by atoms with Gasteiger partial charge in [-0.05, 0) is 17.7 Å². The van der Waals surface area contributed by atoms with Gasteiger partial charge in [0.15, 0.2) is 0 Å². The van der Waals surface area contributed by atoms with Gasteiger partial charge in [0.25, 0.3) is 5.91 Å². The molecular formula is C16H16F3N3O3. The molecule has 25 heavy (non-hydrogen) atoms. The number of aliphatic hydroxyl groups excluding tert-OH is 1. The van der Waals surface area contributed by atoms with E-state index in [0.717, 1.165) is 12.1 Å². The lowest BCUT2D eigenvalue weighted by Gasteiger charge is -2.46. The van der Waals surface area contributed by atoms with Crippen LogP contribution in [0.15, 0.2) is 36.5 Å². The van der Waals surface area contributed by atoms with Crippen molar-refractivity contribution in [2.45, 2.75) is 24.3 Å². The number of likely N-dealkylation sites (tertiary alicyclic amines) is 1. The number of rotatable bonds is 4. The monoisotopic (exact) mass is 355 g/mol. The molecule has 6 nitrogen and oxygen atoms in total. The van der Waals surface area contributed by atoms with Crippen LogP contribution >= 0.6 is 0 Å². The summed E-state index contributed by atoms with van der Waals surface area (Å²) in [4.78, 5) is 13.4. The summed E-state index contributed by atoms with van der Waals surface area (Å²) in [5.41, 5.74) is -1.41. The van der Waals surface area contributed by atoms with Crippen LogP contribution in [0.25, 0.3) is 0 Å². The number of amides is 1. The van der Waals surface area contributed by atoms with Gasteiger partial charge in [0, 0.05) is 12.6 Å². The van der Waals surface area contributed by atoms with E-state index < -0.39 is 29.4 Å². The molecule has 9 heteroatoms. The molecule has 2 heterocycles. The molecule has 3 rings (SSSR count). The Labute approximate surface area is 140 Å². The van der Waals surface area contributed by atoms with Crippen molar-refractivity contribution in [3.63, 3.8) is 0 Å². The molecule has 1 aliphatic rings. The van der Waals surface area contributed by atoms with E-state index in [1.165, 1.54) is 23.2 Å². The number of carbonyl (C=O) groups excluding carboxylic acids is 1. The third kappa shape index (κ3) is 3.52. The first-order valence-corrected chi connectivity index (χ1v) is 7.54. The highest BCUT2D eigenvalue weighted by atomic mass is 19.4. The van der Waals surface area contributed by atoms with Crippen LogP contribution in [-0.4, -0.2) is 50.4 Å². The zero-order chi connectivity index (χ0) is 18.2. The number of halogens is 3. The third-order valence-corrected chi connectivity index (χ3v) is 4.19. The van der Waals surface area contributed by atoms with Gasteiger partial charge in [-0.3, -0.25) is 9.89 Å². The van der Waals surface area contributed by atoms with Crippen LogP contribution in [0.2, 0.25) is 0 Å². The topological polar surface area (TPSA) is 89.4 Å². The summed E-state index contributed by atoms with van der Waals surface area (Å²) in [5, 5.41) is 26.7. The molecule has 1 amide bonds. The van der Waals surface area contributed by atoms with Gasteiger partial charge in [-0.1, -0.05) is 18.2 Å². The minimum Gasteiger partial charge on any atom is -0.383 e. The molecule has 1 atom stereocenters. The van der Waals surface area contributed by atoms with Crippen molar-refractivity contribution in [2.75, 3.05) is 13.1 Å². The van der Waals surface area contributed by atoms with Crippen LogP contribution in [0.4, 0.5) is 13.2 Å². The number of carbonyl (C=O) groups is 1. The predicted molar refractivity (Wildman–Crippen MR) is 80.2 cm³/mol. The van der Waals surface area contributed by atoms with Crippen molar-refractivity contribution in [2.24, 2.45) is 0 Å². The van der Waals surface area contributed by atoms with Gasteiger partial charge >= 0.3 is 6.18 Å². The molecular weight excluding hydrogens is 339 g/mol. The quantitative estimate of drug-likeness (QED) is 0.765. The molecule has 1 fully saturated rings. The van der Waals surface area contributed by atoms with Crippen LogP contribution in [0.1, 0.15) is 16.8 Å². The van der Waals surface area contributed by atoms with Crippen LogP contribution in [0.3, 0.4) is 0 Å². The molecule has 0 saturated carbocycles. The van der Waals surface area contributed by atoms with Gasteiger partial charge < -0.3 is 15.1 Å². The van der Waals surface area contributed by atoms with E-state index >= 15 is 0 Å². The maximum Gasteiger partial charge on any atom is 0.416 e. The number of alkyl halides is 3. The second-order valence-electron chi connectivity index (χ2n) is 6.11. The average Bonchev–Trinajstić information content (AvgIpc) is 3.05. The number of hydrogen-bond acceptors (Lipinski definition) is 4. The zero-order valence-electron chi connectivity index (χ0n) is 13.0. The van der Waals surface area contributed by atoms with Crippen LogP contribution in [0.5, 0.6) is 0 Å². The Morgan fingerprint density at radius 3 is 2.68 bits per heavy atom. The minimum absolute atomic E-state index is 0.0202.